The summed E-state index contributed by atoms with van der Waals surface area (Å²) >= 11 is 0. The number of nitrogen functional groups attached to an aromatic ring is 1. The van der Waals surface area contributed by atoms with Gasteiger partial charge in [-0.1, -0.05) is 18.2 Å². The van der Waals surface area contributed by atoms with Crippen molar-refractivity contribution in [1.29, 1.82) is 0 Å². The maximum absolute atomic E-state index is 15.7. The van der Waals surface area contributed by atoms with Gasteiger partial charge in [0.1, 0.15) is 36.5 Å². The Balaban J connectivity index is 1.88. The number of hydrogen-bond acceptors (Lipinski definition) is 10. The molecule has 0 amide bonds. The Labute approximate surface area is 217 Å². The Hall–Kier alpha value is -2.90. The predicted octanol–water partition coefficient (Wildman–Crippen LogP) is 2.28. The molecule has 0 radical (unpaired) electrons. The number of alkyl halides is 2. The van der Waals surface area contributed by atoms with Crippen LogP contribution in [0.2, 0.25) is 0 Å². The minimum atomic E-state index is -4.44. The lowest BCUT2D eigenvalue weighted by Crippen LogP contribution is -2.48. The first-order chi connectivity index (χ1) is 17.8. The smallest absolute Gasteiger partial charge is 0.459 e. The third kappa shape index (κ3) is 6.56. The van der Waals surface area contributed by atoms with Crippen LogP contribution < -0.4 is 21.0 Å². The van der Waals surface area contributed by atoms with Gasteiger partial charge in [0.05, 0.1) is 12.2 Å². The van der Waals surface area contributed by atoms with Gasteiger partial charge in [-0.15, -0.1) is 0 Å². The van der Waals surface area contributed by atoms with E-state index < -0.39 is 68.4 Å². The van der Waals surface area contributed by atoms with Gasteiger partial charge in [-0.2, -0.15) is 10.1 Å². The van der Waals surface area contributed by atoms with Gasteiger partial charge in [0, 0.05) is 6.20 Å². The molecule has 12 nitrogen and oxygen atoms in total. The van der Waals surface area contributed by atoms with Gasteiger partial charge in [0.2, 0.25) is 5.67 Å². The number of rotatable bonds is 11. The second-order valence-electron chi connectivity index (χ2n) is 9.05. The number of benzene rings is 1. The van der Waals surface area contributed by atoms with E-state index in [1.807, 2.05) is 0 Å². The third-order valence-corrected chi connectivity index (χ3v) is 7.37. The molecule has 4 N–H and O–H groups in total. The van der Waals surface area contributed by atoms with E-state index in [9.17, 15) is 23.7 Å². The second-order valence-corrected chi connectivity index (χ2v) is 10.7. The first-order valence-electron chi connectivity index (χ1n) is 11.7. The minimum absolute atomic E-state index is 0.105. The molecular weight excluding hydrogens is 529 g/mol. The minimum Gasteiger partial charge on any atom is -0.462 e. The SMILES string of the molecule is CC(C)OC(=O)[C@H](C)NP(=O)(Oc1ccccc1)O[C@@H](C)[C@H]1O[C@@H](n2ccc(N)nc2=O)[C@@](F)(CF)C1O. The summed E-state index contributed by atoms with van der Waals surface area (Å²) in [6.45, 7) is 4.18. The maximum Gasteiger partial charge on any atom is 0.459 e. The molecule has 2 heterocycles. The average molecular weight is 560 g/mol. The van der Waals surface area contributed by atoms with E-state index in [-0.39, 0.29) is 11.6 Å². The summed E-state index contributed by atoms with van der Waals surface area (Å²) < 4.78 is 65.9. The van der Waals surface area contributed by atoms with E-state index in [4.69, 9.17) is 24.3 Å². The zero-order valence-corrected chi connectivity index (χ0v) is 22.1. The lowest BCUT2D eigenvalue weighted by atomic mass is 9.95. The summed E-state index contributed by atoms with van der Waals surface area (Å²) in [6, 6.07) is 7.85. The van der Waals surface area contributed by atoms with Crippen molar-refractivity contribution in [1.82, 2.24) is 14.6 Å². The highest BCUT2D eigenvalue weighted by Crippen LogP contribution is 2.49. The molecule has 1 saturated heterocycles. The fraction of sp³-hybridized carbons (Fsp3) is 0.522. The number of hydrogen-bond donors (Lipinski definition) is 3. The summed E-state index contributed by atoms with van der Waals surface area (Å²) in [6.07, 6.45) is -6.55. The van der Waals surface area contributed by atoms with Crippen molar-refractivity contribution in [2.45, 2.75) is 70.0 Å². The van der Waals surface area contributed by atoms with Gasteiger partial charge in [0.25, 0.3) is 0 Å². The van der Waals surface area contributed by atoms with E-state index in [2.05, 4.69) is 10.1 Å². The number of carbonyl (C=O) groups excluding carboxylic acids is 1. The van der Waals surface area contributed by atoms with Crippen molar-refractivity contribution in [2.24, 2.45) is 0 Å². The number of halogens is 2. The molecular formula is C23H31F2N4O8P. The highest BCUT2D eigenvalue weighted by Gasteiger charge is 2.61. The van der Waals surface area contributed by atoms with Crippen LogP contribution in [0.25, 0.3) is 0 Å². The molecule has 3 rings (SSSR count). The fourth-order valence-electron chi connectivity index (χ4n) is 3.77. The lowest BCUT2D eigenvalue weighted by Gasteiger charge is -2.29. The van der Waals surface area contributed by atoms with Crippen LogP contribution in [0.4, 0.5) is 14.6 Å². The van der Waals surface area contributed by atoms with Gasteiger partial charge >= 0.3 is 19.4 Å². The third-order valence-electron chi connectivity index (χ3n) is 5.60. The number of carbonyl (C=O) groups is 1. The van der Waals surface area contributed by atoms with E-state index in [0.29, 0.717) is 4.57 Å². The van der Waals surface area contributed by atoms with E-state index in [0.717, 1.165) is 6.20 Å². The molecule has 2 unspecified atom stereocenters. The Bertz CT molecular complexity index is 1220. The molecule has 0 aliphatic carbocycles. The number of nitrogens with two attached hydrogens (primary N) is 1. The van der Waals surface area contributed by atoms with Crippen LogP contribution in [-0.2, 0) is 23.4 Å². The number of para-hydroxylation sites is 1. The standard InChI is InChI=1S/C23H31F2N4O8P/c1-13(2)34-20(31)14(3)28-38(33,37-16-8-6-5-7-9-16)36-15(4)18-19(30)23(25,12-24)21(35-18)29-11-10-17(26)27-22(29)32/h5-11,13-15,18-19,21,30H,12H2,1-4H3,(H,28,33)(H2,26,27,32)/t14-,15-,18+,19?,21+,23+,38?/m0/s1. The molecule has 2 aromatic rings. The highest BCUT2D eigenvalue weighted by molar-refractivity contribution is 7.52. The molecule has 1 aliphatic heterocycles. The van der Waals surface area contributed by atoms with E-state index >= 15 is 4.39 Å². The molecule has 0 saturated carbocycles. The van der Waals surface area contributed by atoms with Crippen LogP contribution in [0.3, 0.4) is 0 Å². The van der Waals surface area contributed by atoms with Gasteiger partial charge in [-0.05, 0) is 45.9 Å². The molecule has 1 aromatic heterocycles. The fourth-order valence-corrected chi connectivity index (χ4v) is 5.46. The normalized spacial score (nSPS) is 26.5. The largest absolute Gasteiger partial charge is 0.462 e. The quantitative estimate of drug-likeness (QED) is 0.273. The van der Waals surface area contributed by atoms with Crippen LogP contribution in [0.1, 0.15) is 33.9 Å². The Kier molecular flexibility index (Phi) is 9.26. The number of aromatic nitrogens is 2. The molecule has 0 spiro atoms. The van der Waals surface area contributed by atoms with Gasteiger partial charge in [0.15, 0.2) is 6.23 Å². The van der Waals surface area contributed by atoms with Gasteiger partial charge in [-0.3, -0.25) is 13.9 Å². The van der Waals surface area contributed by atoms with Crippen molar-refractivity contribution in [3.63, 3.8) is 0 Å². The summed E-state index contributed by atoms with van der Waals surface area (Å²) in [5.41, 5.74) is 1.34. The van der Waals surface area contributed by atoms with E-state index in [1.165, 1.54) is 32.0 Å². The van der Waals surface area contributed by atoms with Crippen LogP contribution >= 0.6 is 7.75 Å². The summed E-state index contributed by atoms with van der Waals surface area (Å²) in [5.74, 6) is -0.799. The van der Waals surface area contributed by atoms with Crippen molar-refractivity contribution < 1.29 is 41.8 Å². The zero-order valence-electron chi connectivity index (χ0n) is 21.2. The van der Waals surface area contributed by atoms with Gasteiger partial charge < -0.3 is 24.8 Å². The summed E-state index contributed by atoms with van der Waals surface area (Å²) in [4.78, 5) is 28.1. The molecule has 0 bridgehead atoms. The Morgan fingerprint density at radius 3 is 2.53 bits per heavy atom. The number of anilines is 1. The Morgan fingerprint density at radius 2 is 1.95 bits per heavy atom. The van der Waals surface area contributed by atoms with Gasteiger partial charge in [-0.25, -0.2) is 18.1 Å². The van der Waals surface area contributed by atoms with E-state index in [1.54, 1.807) is 32.0 Å². The molecule has 210 valence electrons. The van der Waals surface area contributed by atoms with Crippen LogP contribution in [0, 0.1) is 0 Å². The predicted molar refractivity (Wildman–Crippen MR) is 132 cm³/mol. The number of aliphatic hydroxyl groups excluding tert-OH is 1. The number of nitrogens with one attached hydrogen (secondary N) is 1. The number of aliphatic hydroxyl groups is 1. The second kappa shape index (κ2) is 11.9. The molecule has 38 heavy (non-hydrogen) atoms. The lowest BCUT2D eigenvalue weighted by molar-refractivity contribution is -0.149. The van der Waals surface area contributed by atoms with Crippen molar-refractivity contribution in [3.05, 3.63) is 53.1 Å². The van der Waals surface area contributed by atoms with Crippen molar-refractivity contribution in [3.8, 4) is 5.75 Å². The summed E-state index contributed by atoms with van der Waals surface area (Å²) in [5, 5.41) is 13.2. The number of ether oxygens (including phenoxy) is 2. The van der Waals surface area contributed by atoms with Crippen LogP contribution in [-0.4, -0.2) is 63.4 Å². The number of esters is 1. The topological polar surface area (TPSA) is 164 Å². The van der Waals surface area contributed by atoms with Crippen molar-refractivity contribution >= 4 is 19.5 Å². The molecule has 1 aliphatic rings. The monoisotopic (exact) mass is 560 g/mol. The van der Waals surface area contributed by atoms with Crippen molar-refractivity contribution in [2.75, 3.05) is 12.4 Å². The summed E-state index contributed by atoms with van der Waals surface area (Å²) in [7, 11) is -4.44. The molecule has 1 fully saturated rings. The maximum atomic E-state index is 15.7. The Morgan fingerprint density at radius 1 is 1.29 bits per heavy atom. The van der Waals surface area contributed by atoms with Crippen LogP contribution in [0.15, 0.2) is 47.4 Å². The molecule has 7 atom stereocenters. The number of nitrogens with zero attached hydrogens (tertiary/aromatic N) is 2. The average Bonchev–Trinajstić information content (AvgIpc) is 3.10. The highest BCUT2D eigenvalue weighted by atomic mass is 31.2. The first kappa shape index (κ1) is 29.7. The molecule has 1 aromatic carbocycles. The zero-order chi connectivity index (χ0) is 28.3. The molecule has 15 heteroatoms. The van der Waals surface area contributed by atoms with Crippen LogP contribution in [0.5, 0.6) is 5.75 Å². The first-order valence-corrected chi connectivity index (χ1v) is 13.3.